The molecular weight excluding hydrogens is 244 g/mol. The average molecular weight is 262 g/mol. The first kappa shape index (κ1) is 12.5. The Kier molecular flexibility index (Phi) is 3.07. The number of nitrogens with zero attached hydrogens (tertiary/aromatic N) is 1. The van der Waals surface area contributed by atoms with Crippen molar-refractivity contribution < 1.29 is 0 Å². The van der Waals surface area contributed by atoms with Gasteiger partial charge in [-0.15, -0.1) is 0 Å². The van der Waals surface area contributed by atoms with Crippen LogP contribution in [-0.4, -0.2) is 4.57 Å². The number of nitrogens with two attached hydrogens (primary N) is 1. The largest absolute Gasteiger partial charge is 0.405 e. The zero-order valence-electron chi connectivity index (χ0n) is 11.8. The number of aryl methyl sites for hydroxylation is 1. The topological polar surface area (TPSA) is 30.9 Å². The van der Waals surface area contributed by atoms with Crippen LogP contribution >= 0.6 is 0 Å². The van der Waals surface area contributed by atoms with Crippen molar-refractivity contribution in [3.05, 3.63) is 71.6 Å². The maximum Gasteiger partial charge on any atom is 0.0537 e. The first-order valence-corrected chi connectivity index (χ1v) is 6.77. The molecule has 0 aliphatic carbocycles. The zero-order chi connectivity index (χ0) is 14.1. The van der Waals surface area contributed by atoms with E-state index in [1.54, 1.807) is 6.20 Å². The Morgan fingerprint density at radius 2 is 1.80 bits per heavy atom. The number of para-hydroxylation sites is 1. The van der Waals surface area contributed by atoms with Crippen LogP contribution in [0, 0.1) is 13.8 Å². The third-order valence-electron chi connectivity index (χ3n) is 3.68. The number of rotatable bonds is 2. The summed E-state index contributed by atoms with van der Waals surface area (Å²) >= 11 is 0. The van der Waals surface area contributed by atoms with Crippen molar-refractivity contribution in [1.29, 1.82) is 0 Å². The molecule has 0 aliphatic rings. The van der Waals surface area contributed by atoms with E-state index in [-0.39, 0.29) is 0 Å². The van der Waals surface area contributed by atoms with Gasteiger partial charge >= 0.3 is 0 Å². The van der Waals surface area contributed by atoms with Gasteiger partial charge in [-0.05, 0) is 49.9 Å². The Morgan fingerprint density at radius 1 is 1.00 bits per heavy atom. The van der Waals surface area contributed by atoms with Crippen LogP contribution in [0.5, 0.6) is 0 Å². The number of hydrogen-bond acceptors (Lipinski definition) is 1. The molecule has 0 amide bonds. The van der Waals surface area contributed by atoms with Gasteiger partial charge in [-0.25, -0.2) is 0 Å². The maximum absolute atomic E-state index is 5.60. The third-order valence-corrected chi connectivity index (χ3v) is 3.68. The summed E-state index contributed by atoms with van der Waals surface area (Å²) in [5.41, 5.74) is 11.7. The van der Waals surface area contributed by atoms with Gasteiger partial charge in [0.25, 0.3) is 0 Å². The SMILES string of the molecule is Cc1cccc(-n2c(C)c(/C=C\N)c3ccccc32)c1. The minimum atomic E-state index is 1.18. The lowest BCUT2D eigenvalue weighted by molar-refractivity contribution is 1.05. The van der Waals surface area contributed by atoms with E-state index in [0.717, 1.165) is 0 Å². The van der Waals surface area contributed by atoms with Crippen LogP contribution in [0.15, 0.2) is 54.7 Å². The van der Waals surface area contributed by atoms with Crippen LogP contribution in [0.1, 0.15) is 16.8 Å². The molecule has 0 fully saturated rings. The van der Waals surface area contributed by atoms with Crippen LogP contribution < -0.4 is 5.73 Å². The van der Waals surface area contributed by atoms with Crippen LogP contribution in [0.25, 0.3) is 22.7 Å². The molecule has 0 spiro atoms. The molecule has 2 nitrogen and oxygen atoms in total. The Morgan fingerprint density at radius 3 is 2.55 bits per heavy atom. The Bertz CT molecular complexity index is 794. The smallest absolute Gasteiger partial charge is 0.0537 e. The van der Waals surface area contributed by atoms with Crippen molar-refractivity contribution in [2.24, 2.45) is 5.73 Å². The van der Waals surface area contributed by atoms with Crippen LogP contribution in [0.3, 0.4) is 0 Å². The lowest BCUT2D eigenvalue weighted by Gasteiger charge is -2.09. The fourth-order valence-corrected chi connectivity index (χ4v) is 2.80. The van der Waals surface area contributed by atoms with Gasteiger partial charge in [0.15, 0.2) is 0 Å². The zero-order valence-corrected chi connectivity index (χ0v) is 11.8. The van der Waals surface area contributed by atoms with Crippen molar-refractivity contribution in [2.45, 2.75) is 13.8 Å². The monoisotopic (exact) mass is 262 g/mol. The summed E-state index contributed by atoms with van der Waals surface area (Å²) in [4.78, 5) is 0. The van der Waals surface area contributed by atoms with E-state index < -0.39 is 0 Å². The van der Waals surface area contributed by atoms with Crippen LogP contribution in [0.2, 0.25) is 0 Å². The molecule has 20 heavy (non-hydrogen) atoms. The van der Waals surface area contributed by atoms with E-state index in [1.807, 2.05) is 6.08 Å². The minimum absolute atomic E-state index is 1.18. The molecule has 0 unspecified atom stereocenters. The molecule has 0 bridgehead atoms. The first-order valence-electron chi connectivity index (χ1n) is 6.77. The third kappa shape index (κ3) is 1.90. The molecule has 3 aromatic rings. The number of fused-ring (bicyclic) bond motifs is 1. The van der Waals surface area contributed by atoms with Gasteiger partial charge in [0.05, 0.1) is 5.52 Å². The summed E-state index contributed by atoms with van der Waals surface area (Å²) in [5.74, 6) is 0. The summed E-state index contributed by atoms with van der Waals surface area (Å²) in [6.45, 7) is 4.25. The highest BCUT2D eigenvalue weighted by molar-refractivity contribution is 5.92. The highest BCUT2D eigenvalue weighted by Crippen LogP contribution is 2.30. The van der Waals surface area contributed by atoms with Gasteiger partial charge in [0.2, 0.25) is 0 Å². The second-order valence-corrected chi connectivity index (χ2v) is 5.05. The highest BCUT2D eigenvalue weighted by Gasteiger charge is 2.12. The molecule has 2 aromatic carbocycles. The van der Waals surface area contributed by atoms with Gasteiger partial charge in [-0.3, -0.25) is 0 Å². The normalized spacial score (nSPS) is 11.5. The Labute approximate surface area is 119 Å². The molecule has 0 atom stereocenters. The number of hydrogen-bond donors (Lipinski definition) is 1. The van der Waals surface area contributed by atoms with Crippen LogP contribution in [0.4, 0.5) is 0 Å². The van der Waals surface area contributed by atoms with E-state index in [0.29, 0.717) is 0 Å². The predicted molar refractivity (Wildman–Crippen MR) is 86.0 cm³/mol. The lowest BCUT2D eigenvalue weighted by atomic mass is 10.1. The van der Waals surface area contributed by atoms with Crippen molar-refractivity contribution in [3.63, 3.8) is 0 Å². The molecule has 1 heterocycles. The van der Waals surface area contributed by atoms with Gasteiger partial charge in [-0.2, -0.15) is 0 Å². The molecule has 2 N–H and O–H groups in total. The summed E-state index contributed by atoms with van der Waals surface area (Å²) in [6, 6.07) is 17.0. The van der Waals surface area contributed by atoms with E-state index >= 15 is 0 Å². The fourth-order valence-electron chi connectivity index (χ4n) is 2.80. The fraction of sp³-hybridized carbons (Fsp3) is 0.111. The molecular formula is C18H18N2. The summed E-state index contributed by atoms with van der Waals surface area (Å²) in [6.07, 6.45) is 3.58. The second kappa shape index (κ2) is 4.89. The van der Waals surface area contributed by atoms with Crippen molar-refractivity contribution in [1.82, 2.24) is 4.57 Å². The molecule has 1 aromatic heterocycles. The van der Waals surface area contributed by atoms with Crippen molar-refractivity contribution >= 4 is 17.0 Å². The number of aromatic nitrogens is 1. The van der Waals surface area contributed by atoms with Gasteiger partial charge < -0.3 is 10.3 Å². The summed E-state index contributed by atoms with van der Waals surface area (Å²) in [7, 11) is 0. The Hall–Kier alpha value is -2.48. The van der Waals surface area contributed by atoms with Crippen molar-refractivity contribution in [3.8, 4) is 5.69 Å². The predicted octanol–water partition coefficient (Wildman–Crippen LogP) is 4.18. The van der Waals surface area contributed by atoms with E-state index in [2.05, 4.69) is 66.9 Å². The van der Waals surface area contributed by atoms with Crippen molar-refractivity contribution in [2.75, 3.05) is 0 Å². The highest BCUT2D eigenvalue weighted by atomic mass is 15.0. The molecule has 0 aliphatic heterocycles. The average Bonchev–Trinajstić information content (AvgIpc) is 2.72. The second-order valence-electron chi connectivity index (χ2n) is 5.05. The lowest BCUT2D eigenvalue weighted by Crippen LogP contribution is -1.97. The molecule has 2 heteroatoms. The first-order chi connectivity index (χ1) is 9.72. The molecule has 0 saturated carbocycles. The van der Waals surface area contributed by atoms with Gasteiger partial charge in [-0.1, -0.05) is 30.3 Å². The molecule has 0 radical (unpaired) electrons. The number of benzene rings is 2. The molecule has 3 rings (SSSR count). The van der Waals surface area contributed by atoms with Gasteiger partial charge in [0, 0.05) is 22.3 Å². The van der Waals surface area contributed by atoms with E-state index in [9.17, 15) is 0 Å². The molecule has 100 valence electrons. The van der Waals surface area contributed by atoms with E-state index in [4.69, 9.17) is 5.73 Å². The summed E-state index contributed by atoms with van der Waals surface area (Å²) < 4.78 is 2.29. The minimum Gasteiger partial charge on any atom is -0.405 e. The van der Waals surface area contributed by atoms with E-state index in [1.165, 1.54) is 33.4 Å². The molecule has 0 saturated heterocycles. The summed E-state index contributed by atoms with van der Waals surface area (Å²) in [5, 5.41) is 1.23. The quantitative estimate of drug-likeness (QED) is 0.738. The maximum atomic E-state index is 5.60. The standard InChI is InChI=1S/C18H18N2/c1-13-6-5-7-15(12-13)20-14(2)16(10-11-19)17-8-3-4-9-18(17)20/h3-12H,19H2,1-2H3/b11-10-. The van der Waals surface area contributed by atoms with Gasteiger partial charge in [0.1, 0.15) is 0 Å². The Balaban J connectivity index is 2.39. The van der Waals surface area contributed by atoms with Crippen LogP contribution in [-0.2, 0) is 0 Å².